The lowest BCUT2D eigenvalue weighted by molar-refractivity contribution is 0.470. The minimum Gasteiger partial charge on any atom is -0.329 e. The fourth-order valence-electron chi connectivity index (χ4n) is 1.35. The third-order valence-corrected chi connectivity index (χ3v) is 3.94. The van der Waals surface area contributed by atoms with Gasteiger partial charge in [-0.3, -0.25) is 0 Å². The van der Waals surface area contributed by atoms with E-state index in [2.05, 4.69) is 0 Å². The summed E-state index contributed by atoms with van der Waals surface area (Å²) in [5, 5.41) is 0. The van der Waals surface area contributed by atoms with Gasteiger partial charge < -0.3 is 11.5 Å². The summed E-state index contributed by atoms with van der Waals surface area (Å²) in [4.78, 5) is 0. The molecule has 0 saturated carbocycles. The number of hydrogen-bond donors (Lipinski definition) is 2. The van der Waals surface area contributed by atoms with Crippen LogP contribution in [0.4, 0.5) is 0 Å². The molecule has 0 radical (unpaired) electrons. The molecule has 0 aliphatic carbocycles. The number of hydrogen-bond acceptors (Lipinski definition) is 4. The van der Waals surface area contributed by atoms with Gasteiger partial charge in [0, 0.05) is 12.6 Å². The third kappa shape index (κ3) is 2.15. The third-order valence-electron chi connectivity index (χ3n) is 2.15. The molecule has 0 aromatic heterocycles. The largest absolute Gasteiger partial charge is 0.329 e. The predicted octanol–water partition coefficient (Wildman–Crippen LogP) is -1.29. The van der Waals surface area contributed by atoms with Crippen LogP contribution in [0.1, 0.15) is 6.42 Å². The normalized spacial score (nSPS) is 32.0. The summed E-state index contributed by atoms with van der Waals surface area (Å²) in [6.45, 7) is 0.375. The van der Waals surface area contributed by atoms with Crippen molar-refractivity contribution in [3.05, 3.63) is 0 Å². The van der Waals surface area contributed by atoms with Crippen LogP contribution >= 0.6 is 0 Å². The molecule has 1 heterocycles. The summed E-state index contributed by atoms with van der Waals surface area (Å²) >= 11 is 0. The average Bonchev–Trinajstić information content (AvgIpc) is 2.29. The van der Waals surface area contributed by atoms with E-state index in [1.807, 2.05) is 0 Å². The second kappa shape index (κ2) is 3.08. The van der Waals surface area contributed by atoms with Crippen LogP contribution in [0.25, 0.3) is 0 Å². The van der Waals surface area contributed by atoms with E-state index in [0.29, 0.717) is 13.0 Å². The van der Waals surface area contributed by atoms with Gasteiger partial charge in [0.25, 0.3) is 0 Å². The maximum atomic E-state index is 11.0. The molecule has 2 atom stereocenters. The molecular formula is C6H14N2O2S. The molecular weight excluding hydrogens is 164 g/mol. The second-order valence-corrected chi connectivity index (χ2v) is 5.29. The van der Waals surface area contributed by atoms with Crippen LogP contribution in [0.2, 0.25) is 0 Å². The van der Waals surface area contributed by atoms with Crippen molar-refractivity contribution in [3.63, 3.8) is 0 Å². The summed E-state index contributed by atoms with van der Waals surface area (Å²) < 4.78 is 21.9. The molecule has 1 rings (SSSR count). The van der Waals surface area contributed by atoms with E-state index in [4.69, 9.17) is 11.5 Å². The van der Waals surface area contributed by atoms with E-state index in [9.17, 15) is 8.42 Å². The van der Waals surface area contributed by atoms with Crippen molar-refractivity contribution in [2.24, 2.45) is 17.4 Å². The van der Waals surface area contributed by atoms with Gasteiger partial charge in [0.15, 0.2) is 9.84 Å². The molecule has 0 aromatic carbocycles. The van der Waals surface area contributed by atoms with Gasteiger partial charge in [-0.15, -0.1) is 0 Å². The summed E-state index contributed by atoms with van der Waals surface area (Å²) in [6, 6.07) is -0.146. The van der Waals surface area contributed by atoms with Crippen molar-refractivity contribution >= 4 is 9.84 Å². The van der Waals surface area contributed by atoms with Crippen LogP contribution < -0.4 is 11.5 Å². The average molecular weight is 178 g/mol. The SMILES string of the molecule is NCC(N)C1CCS(=O)(=O)C1. The van der Waals surface area contributed by atoms with Crippen molar-refractivity contribution in [2.45, 2.75) is 12.5 Å². The molecule has 0 bridgehead atoms. The van der Waals surface area contributed by atoms with Gasteiger partial charge in [0.2, 0.25) is 0 Å². The minimum absolute atomic E-state index is 0.0880. The highest BCUT2D eigenvalue weighted by molar-refractivity contribution is 7.91. The fourth-order valence-corrected chi connectivity index (χ4v) is 3.25. The zero-order chi connectivity index (χ0) is 8.48. The molecule has 0 amide bonds. The van der Waals surface area contributed by atoms with Crippen LogP contribution in [-0.2, 0) is 9.84 Å². The monoisotopic (exact) mass is 178 g/mol. The Labute approximate surface area is 66.9 Å². The van der Waals surface area contributed by atoms with E-state index in [0.717, 1.165) is 0 Å². The topological polar surface area (TPSA) is 86.2 Å². The Morgan fingerprint density at radius 3 is 2.55 bits per heavy atom. The Kier molecular flexibility index (Phi) is 2.51. The highest BCUT2D eigenvalue weighted by atomic mass is 32.2. The molecule has 1 aliphatic heterocycles. The molecule has 0 aromatic rings. The lowest BCUT2D eigenvalue weighted by Gasteiger charge is -2.14. The molecule has 66 valence electrons. The van der Waals surface area contributed by atoms with Gasteiger partial charge in [0.1, 0.15) is 0 Å². The summed E-state index contributed by atoms with van der Waals surface area (Å²) in [5.74, 6) is 0.599. The molecule has 0 spiro atoms. The zero-order valence-corrected chi connectivity index (χ0v) is 7.18. The quantitative estimate of drug-likeness (QED) is 0.550. The molecule has 5 heteroatoms. The maximum absolute atomic E-state index is 11.0. The van der Waals surface area contributed by atoms with Gasteiger partial charge in [-0.2, -0.15) is 0 Å². The first kappa shape index (κ1) is 8.96. The van der Waals surface area contributed by atoms with Crippen molar-refractivity contribution in [1.82, 2.24) is 0 Å². The molecule has 4 N–H and O–H groups in total. The van der Waals surface area contributed by atoms with Crippen molar-refractivity contribution < 1.29 is 8.42 Å². The summed E-state index contributed by atoms with van der Waals surface area (Å²) in [6.07, 6.45) is 0.681. The van der Waals surface area contributed by atoms with Gasteiger partial charge in [0.05, 0.1) is 11.5 Å². The van der Waals surface area contributed by atoms with E-state index < -0.39 is 9.84 Å². The van der Waals surface area contributed by atoms with E-state index in [1.165, 1.54) is 0 Å². The van der Waals surface area contributed by atoms with E-state index in [-0.39, 0.29) is 23.5 Å². The van der Waals surface area contributed by atoms with Crippen molar-refractivity contribution in [1.29, 1.82) is 0 Å². The highest BCUT2D eigenvalue weighted by Crippen LogP contribution is 2.19. The molecule has 4 nitrogen and oxygen atoms in total. The summed E-state index contributed by atoms with van der Waals surface area (Å²) in [5.41, 5.74) is 10.9. The van der Waals surface area contributed by atoms with Crippen LogP contribution in [-0.4, -0.2) is 32.5 Å². The van der Waals surface area contributed by atoms with E-state index >= 15 is 0 Å². The standard InChI is InChI=1S/C6H14N2O2S/c7-3-6(8)5-1-2-11(9,10)4-5/h5-6H,1-4,7-8H2. The second-order valence-electron chi connectivity index (χ2n) is 3.06. The minimum atomic E-state index is -2.79. The van der Waals surface area contributed by atoms with Crippen molar-refractivity contribution in [3.8, 4) is 0 Å². The first-order valence-corrected chi connectivity index (χ1v) is 5.53. The fraction of sp³-hybridized carbons (Fsp3) is 1.00. The highest BCUT2D eigenvalue weighted by Gasteiger charge is 2.31. The molecule has 1 aliphatic rings. The van der Waals surface area contributed by atoms with Gasteiger partial charge in [-0.25, -0.2) is 8.42 Å². The number of sulfone groups is 1. The van der Waals surface area contributed by atoms with Gasteiger partial charge >= 0.3 is 0 Å². The van der Waals surface area contributed by atoms with Crippen LogP contribution in [0.15, 0.2) is 0 Å². The molecule has 1 fully saturated rings. The Hall–Kier alpha value is -0.130. The predicted molar refractivity (Wildman–Crippen MR) is 43.8 cm³/mol. The lowest BCUT2D eigenvalue weighted by atomic mass is 10.0. The van der Waals surface area contributed by atoms with Crippen LogP contribution in [0.5, 0.6) is 0 Å². The van der Waals surface area contributed by atoms with Crippen LogP contribution in [0.3, 0.4) is 0 Å². The Bertz CT molecular complexity index is 225. The summed E-state index contributed by atoms with van der Waals surface area (Å²) in [7, 11) is -2.79. The Morgan fingerprint density at radius 1 is 1.55 bits per heavy atom. The molecule has 2 unspecified atom stereocenters. The Balaban J connectivity index is 2.55. The first-order chi connectivity index (χ1) is 5.05. The maximum Gasteiger partial charge on any atom is 0.150 e. The number of nitrogens with two attached hydrogens (primary N) is 2. The van der Waals surface area contributed by atoms with Gasteiger partial charge in [-0.1, -0.05) is 0 Å². The first-order valence-electron chi connectivity index (χ1n) is 3.71. The van der Waals surface area contributed by atoms with Gasteiger partial charge in [-0.05, 0) is 12.3 Å². The van der Waals surface area contributed by atoms with Crippen molar-refractivity contribution in [2.75, 3.05) is 18.1 Å². The van der Waals surface area contributed by atoms with Crippen LogP contribution in [0, 0.1) is 5.92 Å². The Morgan fingerprint density at radius 2 is 2.18 bits per heavy atom. The smallest absolute Gasteiger partial charge is 0.150 e. The molecule has 1 saturated heterocycles. The molecule has 11 heavy (non-hydrogen) atoms. The number of rotatable bonds is 2. The zero-order valence-electron chi connectivity index (χ0n) is 6.36. The lowest BCUT2D eigenvalue weighted by Crippen LogP contribution is -2.37. The van der Waals surface area contributed by atoms with E-state index in [1.54, 1.807) is 0 Å².